The Morgan fingerprint density at radius 2 is 2.13 bits per heavy atom. The van der Waals surface area contributed by atoms with Gasteiger partial charge >= 0.3 is 0 Å². The van der Waals surface area contributed by atoms with E-state index in [-0.39, 0.29) is 12.1 Å². The Labute approximate surface area is 142 Å². The number of morpholine rings is 1. The van der Waals surface area contributed by atoms with Crippen LogP contribution in [0.5, 0.6) is 0 Å². The predicted octanol–water partition coefficient (Wildman–Crippen LogP) is 2.23. The van der Waals surface area contributed by atoms with Crippen molar-refractivity contribution in [2.24, 2.45) is 7.05 Å². The largest absolute Gasteiger partial charge is 0.374 e. The van der Waals surface area contributed by atoms with E-state index < -0.39 is 0 Å². The van der Waals surface area contributed by atoms with Gasteiger partial charge in [0, 0.05) is 37.6 Å². The molecule has 1 aliphatic rings. The molecule has 1 saturated heterocycles. The molecule has 1 aromatic heterocycles. The molecule has 0 spiro atoms. The second-order valence-electron chi connectivity index (χ2n) is 6.04. The molecule has 3 rings (SSSR count). The fourth-order valence-corrected chi connectivity index (χ4v) is 3.04. The van der Waals surface area contributed by atoms with Gasteiger partial charge in [-0.25, -0.2) is 4.98 Å². The molecule has 0 radical (unpaired) electrons. The minimum atomic E-state index is 0.103. The first-order valence-electron chi connectivity index (χ1n) is 7.88. The number of likely N-dealkylation sites (N-methyl/N-ethyl adjacent to an activating group) is 1. The summed E-state index contributed by atoms with van der Waals surface area (Å²) in [6.07, 6.45) is 3.88. The summed E-state index contributed by atoms with van der Waals surface area (Å²) in [5.41, 5.74) is 1.18. The van der Waals surface area contributed by atoms with Gasteiger partial charge in [0.05, 0.1) is 25.3 Å². The number of nitrogens with one attached hydrogen (secondary N) is 1. The quantitative estimate of drug-likeness (QED) is 0.910. The lowest BCUT2D eigenvalue weighted by Crippen LogP contribution is -2.46. The molecule has 23 heavy (non-hydrogen) atoms. The van der Waals surface area contributed by atoms with Gasteiger partial charge in [-0.05, 0) is 24.7 Å². The van der Waals surface area contributed by atoms with Crippen molar-refractivity contribution in [2.75, 3.05) is 26.7 Å². The minimum absolute atomic E-state index is 0.103. The van der Waals surface area contributed by atoms with Gasteiger partial charge in [0.15, 0.2) is 0 Å². The molecular weight excluding hydrogens is 312 g/mol. The fraction of sp³-hybridized carbons (Fsp3) is 0.471. The van der Waals surface area contributed by atoms with Crippen LogP contribution in [0.25, 0.3) is 0 Å². The highest BCUT2D eigenvalue weighted by molar-refractivity contribution is 6.30. The lowest BCUT2D eigenvalue weighted by molar-refractivity contribution is -0.0397. The maximum atomic E-state index is 6.03. The van der Waals surface area contributed by atoms with Crippen molar-refractivity contribution in [3.05, 3.63) is 53.1 Å². The van der Waals surface area contributed by atoms with E-state index in [0.717, 1.165) is 30.5 Å². The summed E-state index contributed by atoms with van der Waals surface area (Å²) in [5, 5.41) is 4.36. The van der Waals surface area contributed by atoms with Gasteiger partial charge in [0.25, 0.3) is 0 Å². The zero-order valence-corrected chi connectivity index (χ0v) is 14.3. The van der Waals surface area contributed by atoms with Crippen LogP contribution in [-0.4, -0.2) is 47.3 Å². The number of aromatic nitrogens is 2. The Morgan fingerprint density at radius 3 is 2.78 bits per heavy atom. The third-order valence-corrected chi connectivity index (χ3v) is 4.55. The number of nitrogens with zero attached hydrogens (tertiary/aromatic N) is 3. The predicted molar refractivity (Wildman–Crippen MR) is 91.5 cm³/mol. The van der Waals surface area contributed by atoms with Gasteiger partial charge in [-0.3, -0.25) is 0 Å². The zero-order chi connectivity index (χ0) is 16.2. The van der Waals surface area contributed by atoms with Gasteiger partial charge in [0.1, 0.15) is 5.82 Å². The Bertz CT molecular complexity index is 628. The van der Waals surface area contributed by atoms with Crippen LogP contribution < -0.4 is 5.32 Å². The number of hydrogen-bond donors (Lipinski definition) is 1. The second-order valence-corrected chi connectivity index (χ2v) is 6.47. The molecule has 1 N–H and O–H groups in total. The molecule has 0 bridgehead atoms. The van der Waals surface area contributed by atoms with E-state index in [1.165, 1.54) is 5.56 Å². The number of rotatable bonds is 5. The van der Waals surface area contributed by atoms with Crippen LogP contribution in [0.4, 0.5) is 0 Å². The first kappa shape index (κ1) is 16.5. The summed E-state index contributed by atoms with van der Waals surface area (Å²) in [6.45, 7) is 3.33. The van der Waals surface area contributed by atoms with Crippen LogP contribution in [0.2, 0.25) is 5.02 Å². The summed E-state index contributed by atoms with van der Waals surface area (Å²) in [6, 6.07) is 8.09. The van der Waals surface area contributed by atoms with Crippen LogP contribution >= 0.6 is 11.6 Å². The van der Waals surface area contributed by atoms with Crippen molar-refractivity contribution in [3.8, 4) is 0 Å². The minimum Gasteiger partial charge on any atom is -0.374 e. The third-order valence-electron chi connectivity index (χ3n) is 4.30. The first-order valence-corrected chi connectivity index (χ1v) is 8.26. The highest BCUT2D eigenvalue weighted by Crippen LogP contribution is 2.24. The van der Waals surface area contributed by atoms with Crippen molar-refractivity contribution >= 4 is 11.6 Å². The number of hydrogen-bond acceptors (Lipinski definition) is 4. The van der Waals surface area contributed by atoms with E-state index >= 15 is 0 Å². The molecule has 1 fully saturated rings. The van der Waals surface area contributed by atoms with Crippen LogP contribution in [0.3, 0.4) is 0 Å². The second kappa shape index (κ2) is 7.45. The topological polar surface area (TPSA) is 42.3 Å². The Hall–Kier alpha value is -1.40. The summed E-state index contributed by atoms with van der Waals surface area (Å²) in [4.78, 5) is 6.69. The molecule has 6 heteroatoms. The fourth-order valence-electron chi connectivity index (χ4n) is 2.91. The van der Waals surface area contributed by atoms with Gasteiger partial charge in [-0.2, -0.15) is 0 Å². The molecule has 0 amide bonds. The Kier molecular flexibility index (Phi) is 5.33. The third kappa shape index (κ3) is 4.12. The number of imidazole rings is 1. The molecule has 0 saturated carbocycles. The molecule has 2 atom stereocenters. The molecule has 124 valence electrons. The summed E-state index contributed by atoms with van der Waals surface area (Å²) < 4.78 is 8.06. The molecule has 5 nitrogen and oxygen atoms in total. The van der Waals surface area contributed by atoms with Crippen molar-refractivity contribution in [2.45, 2.75) is 18.7 Å². The number of halogens is 1. The number of ether oxygens (including phenoxy) is 1. The van der Waals surface area contributed by atoms with Crippen molar-refractivity contribution in [1.82, 2.24) is 19.8 Å². The average molecular weight is 335 g/mol. The summed E-state index contributed by atoms with van der Waals surface area (Å²) in [5.74, 6) is 1.01. The van der Waals surface area contributed by atoms with Crippen molar-refractivity contribution < 1.29 is 4.74 Å². The zero-order valence-electron chi connectivity index (χ0n) is 13.6. The van der Waals surface area contributed by atoms with Gasteiger partial charge < -0.3 is 19.5 Å². The first-order chi connectivity index (χ1) is 11.1. The Balaban J connectivity index is 1.77. The lowest BCUT2D eigenvalue weighted by Gasteiger charge is -2.36. The average Bonchev–Trinajstić information content (AvgIpc) is 2.95. The smallest absolute Gasteiger partial charge is 0.122 e. The molecule has 1 aromatic carbocycles. The molecule has 1 aliphatic heterocycles. The molecule has 0 aliphatic carbocycles. The highest BCUT2D eigenvalue weighted by atomic mass is 35.5. The molecular formula is C17H23ClN4O. The number of benzene rings is 1. The van der Waals surface area contributed by atoms with Gasteiger partial charge in [-0.15, -0.1) is 0 Å². The van der Waals surface area contributed by atoms with Crippen molar-refractivity contribution in [1.29, 1.82) is 0 Å². The summed E-state index contributed by atoms with van der Waals surface area (Å²) in [7, 11) is 4.14. The number of aryl methyl sites for hydroxylation is 1. The SMILES string of the molecule is CN1CCO[C@H]([C@@H](NCc2nccn2C)c2ccc(Cl)cc2)C1. The van der Waals surface area contributed by atoms with E-state index in [4.69, 9.17) is 16.3 Å². The van der Waals surface area contributed by atoms with E-state index in [2.05, 4.69) is 34.4 Å². The monoisotopic (exact) mass is 334 g/mol. The summed E-state index contributed by atoms with van der Waals surface area (Å²) >= 11 is 6.03. The lowest BCUT2D eigenvalue weighted by atomic mass is 10.00. The van der Waals surface area contributed by atoms with Crippen LogP contribution in [0, 0.1) is 0 Å². The Morgan fingerprint density at radius 1 is 1.35 bits per heavy atom. The maximum Gasteiger partial charge on any atom is 0.122 e. The molecule has 0 unspecified atom stereocenters. The van der Waals surface area contributed by atoms with E-state index in [0.29, 0.717) is 6.54 Å². The van der Waals surface area contributed by atoms with Gasteiger partial charge in [0.2, 0.25) is 0 Å². The van der Waals surface area contributed by atoms with E-state index in [1.54, 1.807) is 0 Å². The van der Waals surface area contributed by atoms with Crippen LogP contribution in [0.1, 0.15) is 17.4 Å². The standard InChI is InChI=1S/C17H23ClN4O/c1-21-9-10-23-15(12-21)17(13-3-5-14(18)6-4-13)20-11-16-19-7-8-22(16)2/h3-8,15,17,20H,9-12H2,1-2H3/t15-,17-/m0/s1. The van der Waals surface area contributed by atoms with Crippen LogP contribution in [0.15, 0.2) is 36.7 Å². The highest BCUT2D eigenvalue weighted by Gasteiger charge is 2.28. The molecule has 2 heterocycles. The maximum absolute atomic E-state index is 6.03. The normalized spacial score (nSPS) is 20.6. The van der Waals surface area contributed by atoms with Crippen molar-refractivity contribution in [3.63, 3.8) is 0 Å². The molecule has 2 aromatic rings. The van der Waals surface area contributed by atoms with Gasteiger partial charge in [-0.1, -0.05) is 23.7 Å². The van der Waals surface area contributed by atoms with E-state index in [1.807, 2.05) is 36.1 Å². The van der Waals surface area contributed by atoms with Crippen LogP contribution in [-0.2, 0) is 18.3 Å². The van der Waals surface area contributed by atoms with E-state index in [9.17, 15) is 0 Å².